The second kappa shape index (κ2) is 6.62. The number of pyridine rings is 1. The zero-order chi connectivity index (χ0) is 15.5. The summed E-state index contributed by atoms with van der Waals surface area (Å²) in [4.78, 5) is 5.49. The number of nitrogens with two attached hydrogens (primary N) is 1. The lowest BCUT2D eigenvalue weighted by Crippen LogP contribution is -2.38. The lowest BCUT2D eigenvalue weighted by atomic mass is 9.94. The fourth-order valence-corrected chi connectivity index (χ4v) is 2.69. The minimum Gasteiger partial charge on any atom is -0.395 e. The van der Waals surface area contributed by atoms with Crippen LogP contribution in [0.2, 0.25) is 0 Å². The molecule has 0 aromatic carbocycles. The molecule has 1 heterocycles. The summed E-state index contributed by atoms with van der Waals surface area (Å²) < 4.78 is 38.1. The van der Waals surface area contributed by atoms with E-state index >= 15 is 0 Å². The van der Waals surface area contributed by atoms with Crippen LogP contribution in [-0.2, 0) is 19.4 Å². The van der Waals surface area contributed by atoms with Crippen LogP contribution in [0.15, 0.2) is 6.07 Å². The van der Waals surface area contributed by atoms with Crippen molar-refractivity contribution in [3.63, 3.8) is 0 Å². The number of rotatable bonds is 5. The van der Waals surface area contributed by atoms with E-state index in [-0.39, 0.29) is 25.5 Å². The maximum absolute atomic E-state index is 12.7. The number of hydrogen-bond acceptors (Lipinski definition) is 4. The minimum absolute atomic E-state index is 0.113. The molecule has 1 aliphatic rings. The molecule has 0 atom stereocenters. The number of nitrogens with zero attached hydrogens (tertiary/aromatic N) is 2. The van der Waals surface area contributed by atoms with Crippen LogP contribution in [0.1, 0.15) is 29.7 Å². The maximum Gasteiger partial charge on any atom is 0.405 e. The van der Waals surface area contributed by atoms with Gasteiger partial charge >= 0.3 is 6.18 Å². The molecule has 0 amide bonds. The molecule has 0 aliphatic heterocycles. The van der Waals surface area contributed by atoms with E-state index in [4.69, 9.17) is 10.8 Å². The van der Waals surface area contributed by atoms with E-state index in [0.29, 0.717) is 5.56 Å². The molecular weight excluding hydrogens is 283 g/mol. The van der Waals surface area contributed by atoms with E-state index in [1.165, 1.54) is 0 Å². The van der Waals surface area contributed by atoms with Crippen molar-refractivity contribution in [3.05, 3.63) is 22.9 Å². The molecule has 21 heavy (non-hydrogen) atoms. The molecule has 2 rings (SSSR count). The van der Waals surface area contributed by atoms with Gasteiger partial charge in [-0.15, -0.1) is 0 Å². The van der Waals surface area contributed by atoms with Crippen molar-refractivity contribution < 1.29 is 18.3 Å². The average Bonchev–Trinajstić information content (AvgIpc) is 2.44. The van der Waals surface area contributed by atoms with Crippen LogP contribution >= 0.6 is 0 Å². The van der Waals surface area contributed by atoms with Crippen molar-refractivity contribution in [3.8, 4) is 0 Å². The third-order valence-electron chi connectivity index (χ3n) is 3.62. The normalized spacial score (nSPS) is 14.9. The number of anilines is 1. The summed E-state index contributed by atoms with van der Waals surface area (Å²) >= 11 is 0. The largest absolute Gasteiger partial charge is 0.405 e. The minimum atomic E-state index is -4.35. The Bertz CT molecular complexity index is 491. The molecular formula is C14H20F3N3O. The molecule has 1 aromatic rings. The van der Waals surface area contributed by atoms with Gasteiger partial charge in [0, 0.05) is 24.3 Å². The summed E-state index contributed by atoms with van der Waals surface area (Å²) in [5.41, 5.74) is 8.22. The van der Waals surface area contributed by atoms with Crippen molar-refractivity contribution in [2.24, 2.45) is 5.73 Å². The lowest BCUT2D eigenvalue weighted by Gasteiger charge is -2.28. The Hall–Kier alpha value is -1.34. The molecule has 0 saturated carbocycles. The van der Waals surface area contributed by atoms with Gasteiger partial charge in [0.15, 0.2) is 0 Å². The van der Waals surface area contributed by atoms with Crippen LogP contribution in [-0.4, -0.2) is 36.0 Å². The van der Waals surface area contributed by atoms with Crippen molar-refractivity contribution in [1.29, 1.82) is 0 Å². The van der Waals surface area contributed by atoms with Gasteiger partial charge in [0.05, 0.1) is 6.61 Å². The third kappa shape index (κ3) is 4.07. The first-order valence-corrected chi connectivity index (χ1v) is 7.09. The van der Waals surface area contributed by atoms with Gasteiger partial charge in [0.25, 0.3) is 0 Å². The van der Waals surface area contributed by atoms with Crippen LogP contribution in [0.5, 0.6) is 0 Å². The number of aromatic nitrogens is 1. The van der Waals surface area contributed by atoms with Gasteiger partial charge < -0.3 is 15.7 Å². The number of fused-ring (bicyclic) bond motifs is 1. The van der Waals surface area contributed by atoms with E-state index in [1.54, 1.807) is 0 Å². The Morgan fingerprint density at radius 2 is 2.00 bits per heavy atom. The van der Waals surface area contributed by atoms with Gasteiger partial charge in [-0.2, -0.15) is 13.2 Å². The van der Waals surface area contributed by atoms with Gasteiger partial charge in [-0.1, -0.05) is 0 Å². The van der Waals surface area contributed by atoms with Crippen molar-refractivity contribution in [2.75, 3.05) is 24.6 Å². The standard InChI is InChI=1S/C14H20F3N3O/c15-14(16,17)9-20(5-6-21)13-11(8-18)7-10-3-1-2-4-12(10)19-13/h7,21H,1-6,8-9,18H2. The summed E-state index contributed by atoms with van der Waals surface area (Å²) in [6.45, 7) is -1.47. The molecule has 0 fully saturated rings. The van der Waals surface area contributed by atoms with Crippen LogP contribution < -0.4 is 10.6 Å². The van der Waals surface area contributed by atoms with Crippen LogP contribution in [0.4, 0.5) is 19.0 Å². The Morgan fingerprint density at radius 3 is 2.62 bits per heavy atom. The highest BCUT2D eigenvalue weighted by Gasteiger charge is 2.32. The molecule has 7 heteroatoms. The van der Waals surface area contributed by atoms with Crippen LogP contribution in [0, 0.1) is 0 Å². The summed E-state index contributed by atoms with van der Waals surface area (Å²) in [5, 5.41) is 9.03. The van der Waals surface area contributed by atoms with E-state index in [1.807, 2.05) is 6.07 Å². The molecule has 1 aromatic heterocycles. The Kier molecular flexibility index (Phi) is 5.05. The summed E-state index contributed by atoms with van der Waals surface area (Å²) in [5.74, 6) is 0.254. The first kappa shape index (κ1) is 16.0. The Morgan fingerprint density at radius 1 is 1.29 bits per heavy atom. The van der Waals surface area contributed by atoms with Crippen molar-refractivity contribution in [1.82, 2.24) is 4.98 Å². The molecule has 118 valence electrons. The number of aryl methyl sites for hydroxylation is 2. The van der Waals surface area contributed by atoms with Gasteiger partial charge in [0.1, 0.15) is 12.4 Å². The number of aliphatic hydroxyl groups is 1. The topological polar surface area (TPSA) is 62.4 Å². The van der Waals surface area contributed by atoms with Crippen LogP contribution in [0.25, 0.3) is 0 Å². The van der Waals surface area contributed by atoms with E-state index in [2.05, 4.69) is 4.98 Å². The van der Waals surface area contributed by atoms with Crippen LogP contribution in [0.3, 0.4) is 0 Å². The predicted molar refractivity (Wildman–Crippen MR) is 74.1 cm³/mol. The molecule has 0 saturated heterocycles. The fraction of sp³-hybridized carbons (Fsp3) is 0.643. The Labute approximate surface area is 121 Å². The monoisotopic (exact) mass is 303 g/mol. The first-order valence-electron chi connectivity index (χ1n) is 7.09. The van der Waals surface area contributed by atoms with Crippen molar-refractivity contribution in [2.45, 2.75) is 38.4 Å². The molecule has 0 spiro atoms. The SMILES string of the molecule is NCc1cc2c(nc1N(CCO)CC(F)(F)F)CCCC2. The van der Waals surface area contributed by atoms with Gasteiger partial charge in [0.2, 0.25) is 0 Å². The van der Waals surface area contributed by atoms with Gasteiger partial charge in [-0.25, -0.2) is 4.98 Å². The van der Waals surface area contributed by atoms with E-state index in [9.17, 15) is 13.2 Å². The molecule has 0 bridgehead atoms. The maximum atomic E-state index is 12.7. The summed E-state index contributed by atoms with van der Waals surface area (Å²) in [6, 6.07) is 1.87. The van der Waals surface area contributed by atoms with E-state index in [0.717, 1.165) is 41.8 Å². The quantitative estimate of drug-likeness (QED) is 0.870. The number of alkyl halides is 3. The molecule has 3 N–H and O–H groups in total. The summed E-state index contributed by atoms with van der Waals surface area (Å²) in [6.07, 6.45) is -0.596. The smallest absolute Gasteiger partial charge is 0.395 e. The average molecular weight is 303 g/mol. The molecule has 0 radical (unpaired) electrons. The zero-order valence-electron chi connectivity index (χ0n) is 11.8. The highest BCUT2D eigenvalue weighted by Crippen LogP contribution is 2.28. The second-order valence-electron chi connectivity index (χ2n) is 5.25. The van der Waals surface area contributed by atoms with E-state index < -0.39 is 12.7 Å². The number of aliphatic hydroxyl groups excluding tert-OH is 1. The van der Waals surface area contributed by atoms with Gasteiger partial charge in [-0.3, -0.25) is 0 Å². The zero-order valence-corrected chi connectivity index (χ0v) is 11.8. The van der Waals surface area contributed by atoms with Crippen molar-refractivity contribution >= 4 is 5.82 Å². The second-order valence-corrected chi connectivity index (χ2v) is 5.25. The molecule has 0 unspecified atom stereocenters. The van der Waals surface area contributed by atoms with Gasteiger partial charge in [-0.05, 0) is 37.3 Å². The predicted octanol–water partition coefficient (Wildman–Crippen LogP) is 1.78. The summed E-state index contributed by atoms with van der Waals surface area (Å²) in [7, 11) is 0. The first-order chi connectivity index (χ1) is 9.94. The Balaban J connectivity index is 2.38. The molecule has 1 aliphatic carbocycles. The number of halogens is 3. The lowest BCUT2D eigenvalue weighted by molar-refractivity contribution is -0.120. The highest BCUT2D eigenvalue weighted by molar-refractivity contribution is 5.50. The third-order valence-corrected chi connectivity index (χ3v) is 3.62. The highest BCUT2D eigenvalue weighted by atomic mass is 19.4. The molecule has 4 nitrogen and oxygen atoms in total. The fourth-order valence-electron chi connectivity index (χ4n) is 2.69. The number of hydrogen-bond donors (Lipinski definition) is 2.